The van der Waals surface area contributed by atoms with E-state index in [9.17, 15) is 9.90 Å². The Balaban J connectivity index is 1.66. The van der Waals surface area contributed by atoms with Gasteiger partial charge in [-0.3, -0.25) is 9.69 Å². The first-order valence-corrected chi connectivity index (χ1v) is 8.92. The van der Waals surface area contributed by atoms with Gasteiger partial charge in [0.2, 0.25) is 0 Å². The second-order valence-corrected chi connectivity index (χ2v) is 7.08. The van der Waals surface area contributed by atoms with E-state index in [1.807, 2.05) is 30.0 Å². The van der Waals surface area contributed by atoms with Gasteiger partial charge in [-0.25, -0.2) is 0 Å². The largest absolute Gasteiger partial charge is 0.393 e. The summed E-state index contributed by atoms with van der Waals surface area (Å²) in [4.78, 5) is 17.2. The van der Waals surface area contributed by atoms with Gasteiger partial charge in [0, 0.05) is 31.1 Å². The molecule has 0 saturated carbocycles. The van der Waals surface area contributed by atoms with E-state index < -0.39 is 0 Å². The number of likely N-dealkylation sites (tertiary alicyclic amines) is 2. The van der Waals surface area contributed by atoms with E-state index in [1.54, 1.807) is 0 Å². The maximum atomic E-state index is 12.8. The van der Waals surface area contributed by atoms with E-state index in [2.05, 4.69) is 11.0 Å². The van der Waals surface area contributed by atoms with Crippen LogP contribution in [0.5, 0.6) is 0 Å². The lowest BCUT2D eigenvalue weighted by Crippen LogP contribution is -2.43. The summed E-state index contributed by atoms with van der Waals surface area (Å²) in [6.45, 7) is 6.58. The number of nitrogens with zero attached hydrogens (tertiary/aromatic N) is 2. The zero-order valence-electron chi connectivity index (χ0n) is 14.1. The normalized spacial score (nSPS) is 23.9. The molecule has 2 atom stereocenters. The van der Waals surface area contributed by atoms with Crippen LogP contribution in [-0.2, 0) is 6.54 Å². The zero-order chi connectivity index (χ0) is 16.2. The van der Waals surface area contributed by atoms with Gasteiger partial charge in [0.1, 0.15) is 0 Å². The number of hydrogen-bond acceptors (Lipinski definition) is 3. The molecule has 2 heterocycles. The van der Waals surface area contributed by atoms with Gasteiger partial charge >= 0.3 is 0 Å². The van der Waals surface area contributed by atoms with Crippen LogP contribution in [0.3, 0.4) is 0 Å². The number of aliphatic hydroxyl groups excluding tert-OH is 1. The second kappa shape index (κ2) is 7.45. The Labute approximate surface area is 139 Å². The summed E-state index contributed by atoms with van der Waals surface area (Å²) in [5.41, 5.74) is 2.01. The number of rotatable bonds is 4. The van der Waals surface area contributed by atoms with Gasteiger partial charge in [-0.05, 0) is 63.4 Å². The number of carbonyl (C=O) groups excluding carboxylic acids is 1. The molecule has 23 heavy (non-hydrogen) atoms. The van der Waals surface area contributed by atoms with Crippen LogP contribution < -0.4 is 0 Å². The standard InChI is InChI=1S/C19H28N2O2/c1-15(22)18-8-5-11-21(14-18)19(23)17-7-4-6-16(12-17)13-20-9-2-3-10-20/h4,6-7,12,15,18,22H,2-3,5,8-11,13-14H2,1H3. The Morgan fingerprint density at radius 2 is 2.04 bits per heavy atom. The molecule has 2 aliphatic rings. The number of piperidine rings is 1. The van der Waals surface area contributed by atoms with Gasteiger partial charge in [-0.2, -0.15) is 0 Å². The molecular formula is C19H28N2O2. The van der Waals surface area contributed by atoms with Crippen LogP contribution in [0.2, 0.25) is 0 Å². The van der Waals surface area contributed by atoms with Crippen LogP contribution in [0, 0.1) is 5.92 Å². The molecule has 0 aliphatic carbocycles. The Bertz CT molecular complexity index is 538. The molecule has 4 heteroatoms. The predicted octanol–water partition coefficient (Wildman–Crippen LogP) is 2.52. The van der Waals surface area contributed by atoms with Crippen molar-refractivity contribution < 1.29 is 9.90 Å². The van der Waals surface area contributed by atoms with Crippen LogP contribution in [0.1, 0.15) is 48.5 Å². The molecule has 1 aromatic carbocycles. The van der Waals surface area contributed by atoms with E-state index >= 15 is 0 Å². The van der Waals surface area contributed by atoms with Crippen molar-refractivity contribution in [1.29, 1.82) is 0 Å². The number of benzene rings is 1. The second-order valence-electron chi connectivity index (χ2n) is 7.08. The van der Waals surface area contributed by atoms with Gasteiger partial charge in [0.25, 0.3) is 5.91 Å². The first kappa shape index (κ1) is 16.5. The summed E-state index contributed by atoms with van der Waals surface area (Å²) < 4.78 is 0. The summed E-state index contributed by atoms with van der Waals surface area (Å²) in [5.74, 6) is 0.319. The highest BCUT2D eigenvalue weighted by molar-refractivity contribution is 5.94. The molecule has 0 spiro atoms. The van der Waals surface area contributed by atoms with Crippen molar-refractivity contribution in [3.63, 3.8) is 0 Å². The summed E-state index contributed by atoms with van der Waals surface area (Å²) in [6, 6.07) is 8.08. The molecule has 3 rings (SSSR count). The zero-order valence-corrected chi connectivity index (χ0v) is 14.1. The van der Waals surface area contributed by atoms with Crippen molar-refractivity contribution in [3.05, 3.63) is 35.4 Å². The first-order valence-electron chi connectivity index (χ1n) is 8.92. The van der Waals surface area contributed by atoms with E-state index in [-0.39, 0.29) is 17.9 Å². The lowest BCUT2D eigenvalue weighted by atomic mass is 9.93. The summed E-state index contributed by atoms with van der Waals surface area (Å²) in [5, 5.41) is 9.81. The molecule has 1 N–H and O–H groups in total. The maximum absolute atomic E-state index is 12.8. The van der Waals surface area contributed by atoms with Crippen LogP contribution in [-0.4, -0.2) is 53.1 Å². The lowest BCUT2D eigenvalue weighted by Gasteiger charge is -2.34. The fourth-order valence-corrected chi connectivity index (χ4v) is 3.77. The predicted molar refractivity (Wildman–Crippen MR) is 91.3 cm³/mol. The fourth-order valence-electron chi connectivity index (χ4n) is 3.77. The minimum atomic E-state index is -0.341. The monoisotopic (exact) mass is 316 g/mol. The van der Waals surface area contributed by atoms with E-state index in [1.165, 1.54) is 31.5 Å². The van der Waals surface area contributed by atoms with Gasteiger partial charge in [0.05, 0.1) is 6.10 Å². The fraction of sp³-hybridized carbons (Fsp3) is 0.632. The molecule has 2 fully saturated rings. The Morgan fingerprint density at radius 3 is 2.78 bits per heavy atom. The third-order valence-corrected chi connectivity index (χ3v) is 5.21. The number of aliphatic hydroxyl groups is 1. The van der Waals surface area contributed by atoms with Crippen molar-refractivity contribution in [1.82, 2.24) is 9.80 Å². The highest BCUT2D eigenvalue weighted by Gasteiger charge is 2.27. The molecule has 126 valence electrons. The van der Waals surface area contributed by atoms with E-state index in [0.29, 0.717) is 6.54 Å². The average molecular weight is 316 g/mol. The molecule has 2 saturated heterocycles. The van der Waals surface area contributed by atoms with Crippen LogP contribution in [0.15, 0.2) is 24.3 Å². The van der Waals surface area contributed by atoms with Gasteiger partial charge in [-0.15, -0.1) is 0 Å². The van der Waals surface area contributed by atoms with Crippen molar-refractivity contribution in [2.75, 3.05) is 26.2 Å². The topological polar surface area (TPSA) is 43.8 Å². The number of amides is 1. The highest BCUT2D eigenvalue weighted by atomic mass is 16.3. The molecule has 2 unspecified atom stereocenters. The summed E-state index contributed by atoms with van der Waals surface area (Å²) in [7, 11) is 0. The third kappa shape index (κ3) is 4.12. The molecule has 1 amide bonds. The van der Waals surface area contributed by atoms with Crippen LogP contribution >= 0.6 is 0 Å². The van der Waals surface area contributed by atoms with Crippen molar-refractivity contribution in [2.24, 2.45) is 5.92 Å². The summed E-state index contributed by atoms with van der Waals surface area (Å²) in [6.07, 6.45) is 4.22. The molecule has 4 nitrogen and oxygen atoms in total. The van der Waals surface area contributed by atoms with Crippen molar-refractivity contribution in [3.8, 4) is 0 Å². The molecule has 2 aliphatic heterocycles. The highest BCUT2D eigenvalue weighted by Crippen LogP contribution is 2.22. The average Bonchev–Trinajstić information content (AvgIpc) is 3.07. The maximum Gasteiger partial charge on any atom is 0.253 e. The van der Waals surface area contributed by atoms with Gasteiger partial charge in [-0.1, -0.05) is 12.1 Å². The van der Waals surface area contributed by atoms with E-state index in [0.717, 1.165) is 31.5 Å². The molecule has 1 aromatic rings. The van der Waals surface area contributed by atoms with Crippen molar-refractivity contribution >= 4 is 5.91 Å². The smallest absolute Gasteiger partial charge is 0.253 e. The Morgan fingerprint density at radius 1 is 1.26 bits per heavy atom. The molecule has 0 bridgehead atoms. The van der Waals surface area contributed by atoms with Gasteiger partial charge in [0.15, 0.2) is 0 Å². The first-order chi connectivity index (χ1) is 11.1. The molecule has 0 aromatic heterocycles. The van der Waals surface area contributed by atoms with Crippen LogP contribution in [0.4, 0.5) is 0 Å². The minimum absolute atomic E-state index is 0.110. The number of carbonyl (C=O) groups is 1. The Hall–Kier alpha value is -1.39. The molecular weight excluding hydrogens is 288 g/mol. The van der Waals surface area contributed by atoms with Gasteiger partial charge < -0.3 is 10.0 Å². The van der Waals surface area contributed by atoms with Crippen LogP contribution in [0.25, 0.3) is 0 Å². The number of hydrogen-bond donors (Lipinski definition) is 1. The minimum Gasteiger partial charge on any atom is -0.393 e. The van der Waals surface area contributed by atoms with Crippen molar-refractivity contribution in [2.45, 2.75) is 45.3 Å². The Kier molecular flexibility index (Phi) is 5.34. The molecule has 0 radical (unpaired) electrons. The van der Waals surface area contributed by atoms with E-state index in [4.69, 9.17) is 0 Å². The third-order valence-electron chi connectivity index (χ3n) is 5.21. The SMILES string of the molecule is CC(O)C1CCCN(C(=O)c2cccc(CN3CCCC3)c2)C1. The summed E-state index contributed by atoms with van der Waals surface area (Å²) >= 11 is 0. The quantitative estimate of drug-likeness (QED) is 0.928. The lowest BCUT2D eigenvalue weighted by molar-refractivity contribution is 0.0466.